The van der Waals surface area contributed by atoms with Crippen molar-refractivity contribution in [1.82, 2.24) is 9.88 Å². The zero-order valence-corrected chi connectivity index (χ0v) is 15.1. The van der Waals surface area contributed by atoms with Gasteiger partial charge in [-0.15, -0.1) is 0 Å². The van der Waals surface area contributed by atoms with Crippen LogP contribution < -0.4 is 5.32 Å². The van der Waals surface area contributed by atoms with Crippen LogP contribution in [0.1, 0.15) is 51.0 Å². The van der Waals surface area contributed by atoms with E-state index in [0.717, 1.165) is 24.0 Å². The molecule has 0 bridgehead atoms. The van der Waals surface area contributed by atoms with Crippen molar-refractivity contribution in [3.8, 4) is 0 Å². The molecule has 2 aliphatic rings. The van der Waals surface area contributed by atoms with Crippen molar-refractivity contribution in [2.24, 2.45) is 0 Å². The molecule has 1 aromatic rings. The van der Waals surface area contributed by atoms with Gasteiger partial charge in [0, 0.05) is 30.9 Å². The third-order valence-electron chi connectivity index (χ3n) is 5.13. The fourth-order valence-electron chi connectivity index (χ4n) is 3.88. The summed E-state index contributed by atoms with van der Waals surface area (Å²) >= 11 is 0. The highest BCUT2D eigenvalue weighted by atomic mass is 16.5. The first-order chi connectivity index (χ1) is 12.2. The normalized spacial score (nSPS) is 22.4. The van der Waals surface area contributed by atoms with Crippen LogP contribution in [0.2, 0.25) is 0 Å². The van der Waals surface area contributed by atoms with E-state index in [1.807, 2.05) is 12.1 Å². The molecule has 1 aliphatic carbocycles. The second-order valence-corrected chi connectivity index (χ2v) is 6.98. The molecule has 2 heterocycles. The molecule has 1 aliphatic heterocycles. The summed E-state index contributed by atoms with van der Waals surface area (Å²) in [7, 11) is 0. The van der Waals surface area contributed by atoms with E-state index < -0.39 is 0 Å². The first kappa shape index (κ1) is 17.9. The molecule has 3 rings (SSSR count). The van der Waals surface area contributed by atoms with Gasteiger partial charge in [0.15, 0.2) is 0 Å². The largest absolute Gasteiger partial charge is 0.463 e. The van der Waals surface area contributed by atoms with Gasteiger partial charge in [-0.3, -0.25) is 4.90 Å². The number of nitrogens with zero attached hydrogens (tertiary/aromatic N) is 2. The van der Waals surface area contributed by atoms with Gasteiger partial charge in [0.25, 0.3) is 0 Å². The molecule has 1 saturated heterocycles. The monoisotopic (exact) mass is 343 g/mol. The molecule has 0 amide bonds. The molecule has 1 atom stereocenters. The predicted octanol–water partition coefficient (Wildman–Crippen LogP) is 3.48. The molecule has 136 valence electrons. The van der Waals surface area contributed by atoms with Crippen molar-refractivity contribution in [2.75, 3.05) is 25.0 Å². The average molecular weight is 343 g/mol. The fourth-order valence-corrected chi connectivity index (χ4v) is 3.88. The molecule has 5 heteroatoms. The lowest BCUT2D eigenvalue weighted by Crippen LogP contribution is -2.46. The van der Waals surface area contributed by atoms with Gasteiger partial charge >= 0.3 is 5.97 Å². The molecule has 0 aromatic carbocycles. The number of likely N-dealkylation sites (tertiary alicyclic amines) is 1. The number of piperidine rings is 1. The van der Waals surface area contributed by atoms with Crippen molar-refractivity contribution in [3.63, 3.8) is 0 Å². The Morgan fingerprint density at radius 2 is 2.16 bits per heavy atom. The van der Waals surface area contributed by atoms with Crippen molar-refractivity contribution in [2.45, 2.75) is 57.5 Å². The van der Waals surface area contributed by atoms with Crippen LogP contribution in [0.25, 0.3) is 6.08 Å². The third-order valence-corrected chi connectivity index (χ3v) is 5.13. The number of anilines is 1. The standard InChI is InChI=1S/C20H29N3O2/c1-2-25-20(24)12-10-16-9-11-19(21-14-16)22-17-6-5-13-23(15-17)18-7-3-4-8-18/h9-12,14,17-18H,2-8,13,15H2,1H3,(H,21,22)/b12-10+/t17-/m1/s1. The van der Waals surface area contributed by atoms with Gasteiger partial charge in [-0.25, -0.2) is 9.78 Å². The number of nitrogens with one attached hydrogen (secondary N) is 1. The Labute approximate surface area is 150 Å². The number of rotatable bonds is 6. The van der Waals surface area contributed by atoms with Gasteiger partial charge in [-0.1, -0.05) is 12.8 Å². The zero-order valence-electron chi connectivity index (χ0n) is 15.1. The summed E-state index contributed by atoms with van der Waals surface area (Å²) in [5.41, 5.74) is 0.898. The van der Waals surface area contributed by atoms with E-state index in [1.54, 1.807) is 19.2 Å². The number of carbonyl (C=O) groups excluding carboxylic acids is 1. The Kier molecular flexibility index (Phi) is 6.45. The van der Waals surface area contributed by atoms with Gasteiger partial charge in [-0.2, -0.15) is 0 Å². The number of hydrogen-bond acceptors (Lipinski definition) is 5. The number of aromatic nitrogens is 1. The minimum Gasteiger partial charge on any atom is -0.463 e. The van der Waals surface area contributed by atoms with E-state index in [4.69, 9.17) is 4.74 Å². The van der Waals surface area contributed by atoms with E-state index in [0.29, 0.717) is 12.6 Å². The Morgan fingerprint density at radius 1 is 1.32 bits per heavy atom. The lowest BCUT2D eigenvalue weighted by atomic mass is 10.0. The van der Waals surface area contributed by atoms with E-state index in [2.05, 4.69) is 15.2 Å². The topological polar surface area (TPSA) is 54.5 Å². The number of hydrogen-bond donors (Lipinski definition) is 1. The number of esters is 1. The van der Waals surface area contributed by atoms with Crippen LogP contribution in [0, 0.1) is 0 Å². The summed E-state index contributed by atoms with van der Waals surface area (Å²) in [6.07, 6.45) is 12.9. The maximum absolute atomic E-state index is 11.3. The first-order valence-corrected chi connectivity index (χ1v) is 9.56. The van der Waals surface area contributed by atoms with Gasteiger partial charge in [-0.05, 0) is 62.9 Å². The maximum atomic E-state index is 11.3. The molecule has 5 nitrogen and oxygen atoms in total. The summed E-state index contributed by atoms with van der Waals surface area (Å²) in [4.78, 5) is 18.5. The Morgan fingerprint density at radius 3 is 2.88 bits per heavy atom. The van der Waals surface area contributed by atoms with Crippen LogP contribution in [-0.4, -0.2) is 47.6 Å². The number of carbonyl (C=O) groups is 1. The molecule has 1 saturated carbocycles. The number of pyridine rings is 1. The highest BCUT2D eigenvalue weighted by Gasteiger charge is 2.27. The Bertz CT molecular complexity index is 579. The molecule has 1 N–H and O–H groups in total. The van der Waals surface area contributed by atoms with Crippen LogP contribution in [0.4, 0.5) is 5.82 Å². The SMILES string of the molecule is CCOC(=O)/C=C/c1ccc(N[C@@H]2CCCN(C3CCCC3)C2)nc1. The van der Waals surface area contributed by atoms with E-state index >= 15 is 0 Å². The lowest BCUT2D eigenvalue weighted by Gasteiger charge is -2.37. The molecular weight excluding hydrogens is 314 g/mol. The van der Waals surface area contributed by atoms with Gasteiger partial charge in [0.2, 0.25) is 0 Å². The molecule has 0 unspecified atom stereocenters. The quantitative estimate of drug-likeness (QED) is 0.633. The second-order valence-electron chi connectivity index (χ2n) is 6.98. The summed E-state index contributed by atoms with van der Waals surface area (Å²) < 4.78 is 4.88. The van der Waals surface area contributed by atoms with E-state index in [9.17, 15) is 4.79 Å². The smallest absolute Gasteiger partial charge is 0.330 e. The highest BCUT2D eigenvalue weighted by molar-refractivity contribution is 5.86. The van der Waals surface area contributed by atoms with Crippen LogP contribution in [0.3, 0.4) is 0 Å². The minimum atomic E-state index is -0.320. The molecule has 1 aromatic heterocycles. The van der Waals surface area contributed by atoms with Crippen molar-refractivity contribution in [3.05, 3.63) is 30.0 Å². The molecule has 0 radical (unpaired) electrons. The summed E-state index contributed by atoms with van der Waals surface area (Å²) in [6, 6.07) is 5.23. The van der Waals surface area contributed by atoms with Crippen LogP contribution in [-0.2, 0) is 9.53 Å². The van der Waals surface area contributed by atoms with E-state index in [1.165, 1.54) is 51.1 Å². The zero-order chi connectivity index (χ0) is 17.5. The maximum Gasteiger partial charge on any atom is 0.330 e. The lowest BCUT2D eigenvalue weighted by molar-refractivity contribution is -0.137. The first-order valence-electron chi connectivity index (χ1n) is 9.56. The van der Waals surface area contributed by atoms with Crippen molar-refractivity contribution < 1.29 is 9.53 Å². The van der Waals surface area contributed by atoms with Crippen molar-refractivity contribution >= 4 is 17.9 Å². The summed E-state index contributed by atoms with van der Waals surface area (Å²) in [5.74, 6) is 0.588. The highest BCUT2D eigenvalue weighted by Crippen LogP contribution is 2.26. The molecular formula is C20H29N3O2. The minimum absolute atomic E-state index is 0.320. The summed E-state index contributed by atoms with van der Waals surface area (Å²) in [6.45, 7) is 4.56. The Hall–Kier alpha value is -1.88. The van der Waals surface area contributed by atoms with Crippen molar-refractivity contribution in [1.29, 1.82) is 0 Å². The van der Waals surface area contributed by atoms with E-state index in [-0.39, 0.29) is 5.97 Å². The number of ether oxygens (including phenoxy) is 1. The molecule has 25 heavy (non-hydrogen) atoms. The Balaban J connectivity index is 1.51. The molecule has 2 fully saturated rings. The van der Waals surface area contributed by atoms with Gasteiger partial charge < -0.3 is 10.1 Å². The summed E-state index contributed by atoms with van der Waals surface area (Å²) in [5, 5.41) is 3.58. The fraction of sp³-hybridized carbons (Fsp3) is 0.600. The second kappa shape index (κ2) is 8.99. The molecule has 0 spiro atoms. The van der Waals surface area contributed by atoms with Crippen LogP contribution in [0.5, 0.6) is 0 Å². The van der Waals surface area contributed by atoms with Crippen LogP contribution >= 0.6 is 0 Å². The van der Waals surface area contributed by atoms with Crippen LogP contribution in [0.15, 0.2) is 24.4 Å². The van der Waals surface area contributed by atoms with Gasteiger partial charge in [0.1, 0.15) is 5.82 Å². The average Bonchev–Trinajstić information content (AvgIpc) is 3.16. The third kappa shape index (κ3) is 5.30. The predicted molar refractivity (Wildman–Crippen MR) is 100 cm³/mol. The van der Waals surface area contributed by atoms with Gasteiger partial charge in [0.05, 0.1) is 6.61 Å².